The highest BCUT2D eigenvalue weighted by atomic mass is 79.9. The summed E-state index contributed by atoms with van der Waals surface area (Å²) in [6, 6.07) is 0. The summed E-state index contributed by atoms with van der Waals surface area (Å²) < 4.78 is 42.1. The molecule has 0 saturated heterocycles. The summed E-state index contributed by atoms with van der Waals surface area (Å²) in [5.41, 5.74) is 0. The summed E-state index contributed by atoms with van der Waals surface area (Å²) in [6.07, 6.45) is 0.338. The lowest BCUT2D eigenvalue weighted by Crippen LogP contribution is -2.36. The van der Waals surface area contributed by atoms with Crippen molar-refractivity contribution in [1.82, 2.24) is 0 Å². The van der Waals surface area contributed by atoms with Gasteiger partial charge in [-0.3, -0.25) is 14.3 Å². The van der Waals surface area contributed by atoms with Crippen LogP contribution >= 0.6 is 15.9 Å². The highest BCUT2D eigenvalue weighted by Crippen LogP contribution is 2.61. The lowest BCUT2D eigenvalue weighted by atomic mass is 9.64. The number of rotatable bonds is 1. The van der Waals surface area contributed by atoms with Gasteiger partial charge in [-0.15, -0.1) is 13.2 Å². The smallest absolute Gasteiger partial charge is 0.299 e. The van der Waals surface area contributed by atoms with Gasteiger partial charge in [0, 0.05) is 28.5 Å². The minimum absolute atomic E-state index is 0.000347. The van der Waals surface area contributed by atoms with E-state index in [0.717, 1.165) is 25.7 Å². The van der Waals surface area contributed by atoms with Crippen molar-refractivity contribution in [3.8, 4) is 0 Å². The van der Waals surface area contributed by atoms with Crippen molar-refractivity contribution in [2.24, 2.45) is 47.3 Å². The van der Waals surface area contributed by atoms with E-state index in [0.29, 0.717) is 41.7 Å². The van der Waals surface area contributed by atoms with E-state index in [1.165, 1.54) is 0 Å². The molecule has 0 aromatic carbocycles. The van der Waals surface area contributed by atoms with Gasteiger partial charge in [0.25, 0.3) is 0 Å². The average Bonchev–Trinajstić information content (AvgIpc) is 3.05. The molecule has 5 aliphatic carbocycles. The molecule has 28 heavy (non-hydrogen) atoms. The van der Waals surface area contributed by atoms with Gasteiger partial charge in [0.1, 0.15) is 11.6 Å². The van der Waals surface area contributed by atoms with Gasteiger partial charge in [0.15, 0.2) is 0 Å². The first kappa shape index (κ1) is 19.5. The van der Waals surface area contributed by atoms with E-state index >= 15 is 0 Å². The maximum absolute atomic E-state index is 13.1. The number of Topliss-reactive ketones (excluding diaryl/α,β-unsaturated/α-hetero) is 2. The number of hydrogen-bond acceptors (Lipinski definition) is 3. The molecule has 0 spiro atoms. The predicted octanol–water partition coefficient (Wildman–Crippen LogP) is 4.91. The number of carbonyl (C=O) groups is 2. The monoisotopic (exact) mass is 462 g/mol. The third-order valence-electron chi connectivity index (χ3n) is 8.64. The van der Waals surface area contributed by atoms with Gasteiger partial charge in [-0.2, -0.15) is 0 Å². The van der Waals surface area contributed by atoms with Gasteiger partial charge in [0.05, 0.1) is 6.10 Å². The van der Waals surface area contributed by atoms with E-state index in [4.69, 9.17) is 0 Å². The average molecular weight is 463 g/mol. The Morgan fingerprint density at radius 2 is 1.25 bits per heavy atom. The van der Waals surface area contributed by atoms with Crippen LogP contribution in [0.3, 0.4) is 0 Å². The SMILES string of the molecule is O=C1C2CC(Br)CCC2C2CC3C(CC12)C(=O)C1CC(OC(F)(F)F)CCC13. The van der Waals surface area contributed by atoms with Gasteiger partial charge >= 0.3 is 6.36 Å². The normalized spacial score (nSPS) is 50.7. The van der Waals surface area contributed by atoms with Crippen LogP contribution in [0.15, 0.2) is 0 Å². The summed E-state index contributed by atoms with van der Waals surface area (Å²) in [4.78, 5) is 26.6. The van der Waals surface area contributed by atoms with Crippen LogP contribution in [0, 0.1) is 47.3 Å². The highest BCUT2D eigenvalue weighted by Gasteiger charge is 2.61. The molecule has 0 aromatic heterocycles. The van der Waals surface area contributed by atoms with Crippen molar-refractivity contribution < 1.29 is 27.5 Å². The second kappa shape index (κ2) is 6.79. The topological polar surface area (TPSA) is 43.4 Å². The lowest BCUT2D eigenvalue weighted by Gasteiger charge is -2.40. The number of fused-ring (bicyclic) bond motifs is 6. The van der Waals surface area contributed by atoms with Crippen LogP contribution in [-0.2, 0) is 14.3 Å². The molecule has 0 amide bonds. The number of halogens is 4. The van der Waals surface area contributed by atoms with Crippen LogP contribution in [0.4, 0.5) is 13.2 Å². The van der Waals surface area contributed by atoms with E-state index in [1.807, 2.05) is 0 Å². The fraction of sp³-hybridized carbons (Fsp3) is 0.905. The molecule has 0 aliphatic heterocycles. The fourth-order valence-electron chi connectivity index (χ4n) is 7.69. The summed E-state index contributed by atoms with van der Waals surface area (Å²) in [5.74, 6) is 1.48. The number of ether oxygens (including phenoxy) is 1. The molecular weight excluding hydrogens is 437 g/mol. The largest absolute Gasteiger partial charge is 0.522 e. The van der Waals surface area contributed by atoms with Crippen LogP contribution in [0.2, 0.25) is 0 Å². The minimum Gasteiger partial charge on any atom is -0.299 e. The third-order valence-corrected chi connectivity index (χ3v) is 9.47. The Balaban J connectivity index is 1.33. The quantitative estimate of drug-likeness (QED) is 0.519. The zero-order valence-electron chi connectivity index (χ0n) is 15.7. The van der Waals surface area contributed by atoms with Gasteiger partial charge in [-0.25, -0.2) is 0 Å². The van der Waals surface area contributed by atoms with Crippen LogP contribution in [0.5, 0.6) is 0 Å². The van der Waals surface area contributed by atoms with Crippen LogP contribution in [0.25, 0.3) is 0 Å². The van der Waals surface area contributed by atoms with Crippen molar-refractivity contribution in [1.29, 1.82) is 0 Å². The molecular formula is C21H26BrF3O3. The minimum atomic E-state index is -4.64. The van der Waals surface area contributed by atoms with Gasteiger partial charge < -0.3 is 0 Å². The predicted molar refractivity (Wildman–Crippen MR) is 98.5 cm³/mol. The zero-order valence-corrected chi connectivity index (χ0v) is 17.3. The molecule has 0 aromatic rings. The Hall–Kier alpha value is -0.430. The van der Waals surface area contributed by atoms with Crippen molar-refractivity contribution in [3.63, 3.8) is 0 Å². The second-order valence-corrected chi connectivity index (χ2v) is 11.1. The van der Waals surface area contributed by atoms with E-state index in [1.54, 1.807) is 0 Å². The third kappa shape index (κ3) is 3.10. The molecule has 5 saturated carbocycles. The van der Waals surface area contributed by atoms with Gasteiger partial charge in [-0.05, 0) is 75.0 Å². The van der Waals surface area contributed by atoms with Crippen LogP contribution in [0.1, 0.15) is 51.4 Å². The molecule has 0 N–H and O–H groups in total. The molecule has 156 valence electrons. The standard InChI is InChI=1S/C21H26BrF3O3/c22-9-1-3-11-13-7-14-12-4-2-10(28-21(23,24)25)6-16(12)20(27)18(14)8-17(13)19(26)15(11)5-9/h9-18H,1-8H2. The molecule has 10 unspecified atom stereocenters. The molecule has 0 heterocycles. The summed E-state index contributed by atoms with van der Waals surface area (Å²) in [6.45, 7) is 0. The summed E-state index contributed by atoms with van der Waals surface area (Å²) in [5, 5.41) is 0. The molecule has 3 nitrogen and oxygen atoms in total. The van der Waals surface area contributed by atoms with E-state index < -0.39 is 12.5 Å². The summed E-state index contributed by atoms with van der Waals surface area (Å²) >= 11 is 3.68. The molecule has 10 atom stereocenters. The second-order valence-electron chi connectivity index (χ2n) is 9.77. The van der Waals surface area contributed by atoms with Crippen molar-refractivity contribution in [2.45, 2.75) is 68.7 Å². The van der Waals surface area contributed by atoms with E-state index in [-0.39, 0.29) is 47.7 Å². The van der Waals surface area contributed by atoms with Crippen molar-refractivity contribution in [3.05, 3.63) is 0 Å². The molecule has 5 fully saturated rings. The Kier molecular flexibility index (Phi) is 4.74. The van der Waals surface area contributed by atoms with Gasteiger partial charge in [-0.1, -0.05) is 15.9 Å². The highest BCUT2D eigenvalue weighted by molar-refractivity contribution is 9.09. The molecule has 5 rings (SSSR count). The first-order chi connectivity index (χ1) is 13.2. The van der Waals surface area contributed by atoms with Gasteiger partial charge in [0.2, 0.25) is 0 Å². The number of ketones is 2. The maximum Gasteiger partial charge on any atom is 0.522 e. The van der Waals surface area contributed by atoms with E-state index in [2.05, 4.69) is 20.7 Å². The Labute approximate surface area is 171 Å². The molecule has 0 radical (unpaired) electrons. The fourth-order valence-corrected chi connectivity index (χ4v) is 8.36. The van der Waals surface area contributed by atoms with Crippen LogP contribution in [-0.4, -0.2) is 28.9 Å². The Morgan fingerprint density at radius 1 is 0.714 bits per heavy atom. The number of carbonyl (C=O) groups excluding carboxylic acids is 2. The first-order valence-corrected chi connectivity index (χ1v) is 11.6. The van der Waals surface area contributed by atoms with Crippen molar-refractivity contribution in [2.75, 3.05) is 0 Å². The number of hydrogen-bond donors (Lipinski definition) is 0. The number of alkyl halides is 4. The zero-order chi connectivity index (χ0) is 19.8. The Bertz CT molecular complexity index is 680. The molecule has 0 bridgehead atoms. The molecule has 7 heteroatoms. The Morgan fingerprint density at radius 3 is 1.86 bits per heavy atom. The lowest BCUT2D eigenvalue weighted by molar-refractivity contribution is -0.346. The van der Waals surface area contributed by atoms with E-state index in [9.17, 15) is 22.8 Å². The summed E-state index contributed by atoms with van der Waals surface area (Å²) in [7, 11) is 0. The van der Waals surface area contributed by atoms with Crippen molar-refractivity contribution >= 4 is 27.5 Å². The first-order valence-electron chi connectivity index (χ1n) is 10.7. The maximum atomic E-state index is 13.1. The molecule has 5 aliphatic rings. The van der Waals surface area contributed by atoms with Crippen LogP contribution < -0.4 is 0 Å².